The van der Waals surface area contributed by atoms with Gasteiger partial charge in [0.15, 0.2) is 0 Å². The van der Waals surface area contributed by atoms with Crippen LogP contribution in [0.15, 0.2) is 43.0 Å². The van der Waals surface area contributed by atoms with Crippen molar-refractivity contribution < 1.29 is 34.2 Å². The van der Waals surface area contributed by atoms with Crippen LogP contribution < -0.4 is 21.7 Å². The molecule has 0 radical (unpaired) electrons. The molecule has 4 unspecified atom stereocenters. The summed E-state index contributed by atoms with van der Waals surface area (Å²) in [6.45, 7) is 3.43. The Balaban J connectivity index is 1.71. The number of aromatic nitrogens is 3. The number of rotatable bonds is 15. The lowest BCUT2D eigenvalue weighted by molar-refractivity contribution is -0.143. The van der Waals surface area contributed by atoms with Gasteiger partial charge in [0, 0.05) is 41.8 Å². The maximum absolute atomic E-state index is 13.3. The van der Waals surface area contributed by atoms with Crippen molar-refractivity contribution in [3.63, 3.8) is 0 Å². The van der Waals surface area contributed by atoms with Crippen LogP contribution in [-0.4, -0.2) is 79.0 Å². The monoisotopic (exact) mass is 569 g/mol. The summed E-state index contributed by atoms with van der Waals surface area (Å²) in [7, 11) is 0. The number of aliphatic carboxylic acids is 2. The third kappa shape index (κ3) is 8.63. The molecule has 4 atom stereocenters. The van der Waals surface area contributed by atoms with E-state index in [4.69, 9.17) is 10.8 Å². The first-order valence-electron chi connectivity index (χ1n) is 13.1. The number of aromatic amines is 2. The van der Waals surface area contributed by atoms with Crippen LogP contribution >= 0.6 is 0 Å². The van der Waals surface area contributed by atoms with E-state index >= 15 is 0 Å². The minimum Gasteiger partial charge on any atom is -0.481 e. The number of carbonyl (C=O) groups is 5. The maximum atomic E-state index is 13.3. The Morgan fingerprint density at radius 2 is 1.63 bits per heavy atom. The smallest absolute Gasteiger partial charge is 0.326 e. The van der Waals surface area contributed by atoms with Gasteiger partial charge in [0.2, 0.25) is 17.7 Å². The summed E-state index contributed by atoms with van der Waals surface area (Å²) in [5.74, 6) is -5.09. The molecule has 14 nitrogen and oxygen atoms in total. The first-order chi connectivity index (χ1) is 19.5. The van der Waals surface area contributed by atoms with Crippen molar-refractivity contribution in [2.24, 2.45) is 11.7 Å². The number of amides is 3. The fraction of sp³-hybridized carbons (Fsp3) is 0.407. The van der Waals surface area contributed by atoms with Gasteiger partial charge in [-0.25, -0.2) is 9.78 Å². The number of nitrogens with zero attached hydrogens (tertiary/aromatic N) is 1. The second kappa shape index (κ2) is 14.1. The fourth-order valence-corrected chi connectivity index (χ4v) is 4.31. The number of carboxylic acid groups (broad SMARTS) is 2. The van der Waals surface area contributed by atoms with Gasteiger partial charge < -0.3 is 41.9 Å². The largest absolute Gasteiger partial charge is 0.481 e. The summed E-state index contributed by atoms with van der Waals surface area (Å²) < 4.78 is 0. The van der Waals surface area contributed by atoms with Gasteiger partial charge in [-0.1, -0.05) is 32.0 Å². The van der Waals surface area contributed by atoms with Gasteiger partial charge in [0.05, 0.1) is 12.4 Å². The van der Waals surface area contributed by atoms with Crippen molar-refractivity contribution >= 4 is 40.6 Å². The van der Waals surface area contributed by atoms with Crippen LogP contribution in [0.5, 0.6) is 0 Å². The molecule has 0 saturated heterocycles. The maximum Gasteiger partial charge on any atom is 0.326 e. The average Bonchev–Trinajstić information content (AvgIpc) is 3.58. The van der Waals surface area contributed by atoms with E-state index in [1.807, 2.05) is 24.3 Å². The molecule has 3 rings (SSSR count). The predicted octanol–water partition coefficient (Wildman–Crippen LogP) is 0.0633. The van der Waals surface area contributed by atoms with E-state index in [-0.39, 0.29) is 19.3 Å². The van der Waals surface area contributed by atoms with E-state index in [0.717, 1.165) is 16.5 Å². The van der Waals surface area contributed by atoms with Gasteiger partial charge in [0.1, 0.15) is 18.1 Å². The van der Waals surface area contributed by atoms with Crippen molar-refractivity contribution in [3.8, 4) is 0 Å². The number of nitrogens with two attached hydrogens (primary N) is 1. The number of H-pyrrole nitrogens is 2. The number of benzene rings is 1. The molecule has 0 aliphatic rings. The zero-order chi connectivity index (χ0) is 30.1. The van der Waals surface area contributed by atoms with Crippen LogP contribution in [0, 0.1) is 5.92 Å². The summed E-state index contributed by atoms with van der Waals surface area (Å²) in [5.41, 5.74) is 8.43. The van der Waals surface area contributed by atoms with E-state index in [1.54, 1.807) is 20.0 Å². The Morgan fingerprint density at radius 3 is 2.27 bits per heavy atom. The van der Waals surface area contributed by atoms with Crippen LogP contribution in [0.25, 0.3) is 10.9 Å². The lowest BCUT2D eigenvalue weighted by atomic mass is 10.00. The van der Waals surface area contributed by atoms with Crippen molar-refractivity contribution in [2.75, 3.05) is 0 Å². The van der Waals surface area contributed by atoms with Crippen LogP contribution in [0.2, 0.25) is 0 Å². The molecular formula is C27H35N7O7. The highest BCUT2D eigenvalue weighted by Gasteiger charge is 2.32. The first-order valence-corrected chi connectivity index (χ1v) is 13.1. The van der Waals surface area contributed by atoms with Gasteiger partial charge in [-0.05, 0) is 30.4 Å². The van der Waals surface area contributed by atoms with Gasteiger partial charge in [0.25, 0.3) is 0 Å². The molecule has 14 heteroatoms. The highest BCUT2D eigenvalue weighted by molar-refractivity contribution is 5.94. The van der Waals surface area contributed by atoms with E-state index < -0.39 is 66.2 Å². The quantitative estimate of drug-likeness (QED) is 0.123. The number of imidazole rings is 1. The van der Waals surface area contributed by atoms with Crippen molar-refractivity contribution in [2.45, 2.75) is 63.7 Å². The highest BCUT2D eigenvalue weighted by atomic mass is 16.4. The second-order valence-corrected chi connectivity index (χ2v) is 10.1. The molecule has 0 saturated carbocycles. The third-order valence-corrected chi connectivity index (χ3v) is 6.57. The zero-order valence-corrected chi connectivity index (χ0v) is 22.7. The summed E-state index contributed by atoms with van der Waals surface area (Å²) in [5, 5.41) is 26.8. The molecule has 2 aromatic heterocycles. The summed E-state index contributed by atoms with van der Waals surface area (Å²) in [6.07, 6.45) is 3.93. The fourth-order valence-electron chi connectivity index (χ4n) is 4.31. The van der Waals surface area contributed by atoms with Crippen LogP contribution in [0.3, 0.4) is 0 Å². The topological polar surface area (TPSA) is 232 Å². The van der Waals surface area contributed by atoms with Crippen LogP contribution in [0.1, 0.15) is 37.9 Å². The van der Waals surface area contributed by atoms with E-state index in [1.165, 1.54) is 12.5 Å². The summed E-state index contributed by atoms with van der Waals surface area (Å²) >= 11 is 0. The molecule has 220 valence electrons. The normalized spacial score (nSPS) is 14.1. The molecule has 3 aromatic rings. The Hall–Kier alpha value is -4.72. The number of para-hydroxylation sites is 1. The standard InChI is InChI=1S/C27H35N7O7/c1-14(2)23(34-24(37)18(28)9-15-11-30-19-6-4-3-5-17(15)19)26(39)33-21(10-16-12-29-13-31-16)25(38)32-20(27(40)41)7-8-22(35)36/h3-6,11-14,18,20-21,23,30H,7-10,28H2,1-2H3,(H,29,31)(H,32,38)(H,33,39)(H,34,37)(H,35,36)(H,40,41). The minimum atomic E-state index is -1.48. The third-order valence-electron chi connectivity index (χ3n) is 6.57. The lowest BCUT2D eigenvalue weighted by Gasteiger charge is -2.27. The predicted molar refractivity (Wildman–Crippen MR) is 147 cm³/mol. The van der Waals surface area contributed by atoms with E-state index in [9.17, 15) is 29.1 Å². The first kappa shape index (κ1) is 30.8. The molecule has 0 aliphatic carbocycles. The number of carbonyl (C=O) groups excluding carboxylic acids is 3. The number of hydrogen-bond acceptors (Lipinski definition) is 7. The van der Waals surface area contributed by atoms with Gasteiger partial charge in [-0.15, -0.1) is 0 Å². The van der Waals surface area contributed by atoms with E-state index in [0.29, 0.717) is 5.69 Å². The van der Waals surface area contributed by atoms with Crippen molar-refractivity contribution in [1.29, 1.82) is 0 Å². The molecule has 9 N–H and O–H groups in total. The average molecular weight is 570 g/mol. The molecular weight excluding hydrogens is 534 g/mol. The second-order valence-electron chi connectivity index (χ2n) is 10.1. The molecule has 41 heavy (non-hydrogen) atoms. The number of hydrogen-bond donors (Lipinski definition) is 8. The van der Waals surface area contributed by atoms with Crippen molar-refractivity contribution in [1.82, 2.24) is 30.9 Å². The van der Waals surface area contributed by atoms with Gasteiger partial charge >= 0.3 is 11.9 Å². The zero-order valence-electron chi connectivity index (χ0n) is 22.7. The molecule has 1 aromatic carbocycles. The summed E-state index contributed by atoms with van der Waals surface area (Å²) in [6, 6.07) is 2.83. The Bertz CT molecular complexity index is 1370. The van der Waals surface area contributed by atoms with Gasteiger partial charge in [-0.3, -0.25) is 19.2 Å². The van der Waals surface area contributed by atoms with Crippen LogP contribution in [0.4, 0.5) is 0 Å². The SMILES string of the molecule is CC(C)C(NC(=O)C(N)Cc1c[nH]c2ccccc12)C(=O)NC(Cc1cnc[nH]1)C(=O)NC(CCC(=O)O)C(=O)O. The molecule has 0 bridgehead atoms. The molecule has 0 aliphatic heterocycles. The highest BCUT2D eigenvalue weighted by Crippen LogP contribution is 2.19. The molecule has 3 amide bonds. The van der Waals surface area contributed by atoms with Crippen LogP contribution in [-0.2, 0) is 36.8 Å². The number of nitrogens with one attached hydrogen (secondary N) is 5. The Morgan fingerprint density at radius 1 is 0.927 bits per heavy atom. The summed E-state index contributed by atoms with van der Waals surface area (Å²) in [4.78, 5) is 71.8. The lowest BCUT2D eigenvalue weighted by Crippen LogP contribution is -2.59. The number of fused-ring (bicyclic) bond motifs is 1. The molecule has 0 fully saturated rings. The van der Waals surface area contributed by atoms with Crippen molar-refractivity contribution in [3.05, 3.63) is 54.2 Å². The molecule has 2 heterocycles. The number of carboxylic acids is 2. The molecule has 0 spiro atoms. The Kier molecular flexibility index (Phi) is 10.6. The van der Waals surface area contributed by atoms with Gasteiger partial charge in [-0.2, -0.15) is 0 Å². The van der Waals surface area contributed by atoms with E-state index in [2.05, 4.69) is 30.9 Å². The minimum absolute atomic E-state index is 0.0678. The Labute approximate surface area is 235 Å².